The second-order valence-corrected chi connectivity index (χ2v) is 17.7. The molecule has 10 nitrogen and oxygen atoms in total. The van der Waals surface area contributed by atoms with Crippen LogP contribution < -0.4 is 0 Å². The molecule has 2 spiro atoms. The summed E-state index contributed by atoms with van der Waals surface area (Å²) < 4.78 is 11.4. The Morgan fingerprint density at radius 1 is 0.935 bits per heavy atom. The zero-order valence-corrected chi connectivity index (χ0v) is 28.5. The summed E-state index contributed by atoms with van der Waals surface area (Å²) in [5.74, 6) is 0.969. The molecule has 1 saturated heterocycles. The fourth-order valence-electron chi connectivity index (χ4n) is 12.3. The molecule has 0 bridgehead atoms. The summed E-state index contributed by atoms with van der Waals surface area (Å²) in [6.07, 6.45) is 2.33. The van der Waals surface area contributed by atoms with Crippen LogP contribution in [-0.2, 0) is 9.47 Å². The lowest BCUT2D eigenvalue weighted by atomic mass is 9.41. The third-order valence-electron chi connectivity index (χ3n) is 15.3. The van der Waals surface area contributed by atoms with E-state index in [1.165, 1.54) is 0 Å². The second-order valence-electron chi connectivity index (χ2n) is 17.7. The molecule has 0 aromatic carbocycles. The molecule has 1 heterocycles. The van der Waals surface area contributed by atoms with E-state index in [2.05, 4.69) is 26.8 Å². The predicted octanol–water partition coefficient (Wildman–Crippen LogP) is 1.88. The lowest BCUT2D eigenvalue weighted by Crippen LogP contribution is -2.61. The molecule has 0 aromatic rings. The Bertz CT molecular complexity index is 1170. The minimum Gasteiger partial charge on any atom is -0.396 e. The molecular formula is C36H60O10. The summed E-state index contributed by atoms with van der Waals surface area (Å²) >= 11 is 0. The molecule has 5 fully saturated rings. The molecule has 0 radical (unpaired) electrons. The number of aliphatic hydroxyl groups excluding tert-OH is 7. The Kier molecular flexibility index (Phi) is 8.74. The number of aliphatic hydroxyl groups is 8. The molecule has 1 aliphatic heterocycles. The molecule has 8 N–H and O–H groups in total. The van der Waals surface area contributed by atoms with Gasteiger partial charge in [0.05, 0.1) is 37.1 Å². The molecule has 6 aliphatic rings. The van der Waals surface area contributed by atoms with E-state index < -0.39 is 60.0 Å². The fourth-order valence-corrected chi connectivity index (χ4v) is 12.3. The molecule has 264 valence electrons. The van der Waals surface area contributed by atoms with E-state index in [0.29, 0.717) is 24.7 Å². The van der Waals surface area contributed by atoms with E-state index >= 15 is 0 Å². The highest BCUT2D eigenvalue weighted by atomic mass is 16.6. The van der Waals surface area contributed by atoms with Crippen molar-refractivity contribution in [1.29, 1.82) is 0 Å². The number of hydrogen-bond acceptors (Lipinski definition) is 10. The van der Waals surface area contributed by atoms with E-state index in [1.807, 2.05) is 13.0 Å². The van der Waals surface area contributed by atoms with Gasteiger partial charge in [0, 0.05) is 5.41 Å². The Hall–Kier alpha value is -0.660. The zero-order valence-electron chi connectivity index (χ0n) is 28.5. The standard InChI is InChI=1S/C36H60O10/c1-19(7-8-25(31(2,3)44)45-16-22-26(40)27(41)28(42)30(43)46-22)20-9-11-34(6)29-21(38)15-23-32(4,18-37)24(39)10-12-35(23)17-36(29,35)14-13-33(20,34)5/h10,12,19-30,37-44H,7-9,11,13-18H2,1-6H3/t19-,20?,21+,22-,23?,24+,25-,26-,27+,28-,29?,30-,32?,33-,34+,35?,36?/m1/s1. The van der Waals surface area contributed by atoms with Crippen molar-refractivity contribution in [3.8, 4) is 0 Å². The highest BCUT2D eigenvalue weighted by Crippen LogP contribution is 2.88. The van der Waals surface area contributed by atoms with Gasteiger partial charge in [-0.3, -0.25) is 0 Å². The average molecular weight is 653 g/mol. The largest absolute Gasteiger partial charge is 0.396 e. The van der Waals surface area contributed by atoms with Crippen LogP contribution in [0.4, 0.5) is 0 Å². The molecule has 6 rings (SSSR count). The van der Waals surface area contributed by atoms with Gasteiger partial charge >= 0.3 is 0 Å². The third-order valence-corrected chi connectivity index (χ3v) is 15.3. The van der Waals surface area contributed by atoms with Crippen molar-refractivity contribution in [2.75, 3.05) is 13.2 Å². The molecule has 17 atom stereocenters. The van der Waals surface area contributed by atoms with Gasteiger partial charge in [0.25, 0.3) is 0 Å². The van der Waals surface area contributed by atoms with Crippen LogP contribution in [0.2, 0.25) is 0 Å². The monoisotopic (exact) mass is 652 g/mol. The van der Waals surface area contributed by atoms with Crippen LogP contribution in [0, 0.1) is 50.7 Å². The van der Waals surface area contributed by atoms with Crippen molar-refractivity contribution < 1.29 is 50.3 Å². The molecule has 6 unspecified atom stereocenters. The third kappa shape index (κ3) is 4.79. The Morgan fingerprint density at radius 3 is 2.28 bits per heavy atom. The van der Waals surface area contributed by atoms with Crippen LogP contribution in [0.1, 0.15) is 92.9 Å². The van der Waals surface area contributed by atoms with E-state index in [4.69, 9.17) is 9.47 Å². The normalized spacial score (nSPS) is 54.3. The van der Waals surface area contributed by atoms with Crippen molar-refractivity contribution >= 4 is 0 Å². The van der Waals surface area contributed by atoms with Crippen molar-refractivity contribution in [2.24, 2.45) is 50.7 Å². The van der Waals surface area contributed by atoms with Crippen LogP contribution in [0.5, 0.6) is 0 Å². The van der Waals surface area contributed by atoms with Gasteiger partial charge in [0.15, 0.2) is 6.29 Å². The Morgan fingerprint density at radius 2 is 1.63 bits per heavy atom. The first-order valence-electron chi connectivity index (χ1n) is 17.7. The molecule has 0 aromatic heterocycles. The van der Waals surface area contributed by atoms with Crippen LogP contribution in [0.3, 0.4) is 0 Å². The molecular weight excluding hydrogens is 592 g/mol. The summed E-state index contributed by atoms with van der Waals surface area (Å²) in [6.45, 7) is 12.3. The first-order chi connectivity index (χ1) is 21.3. The van der Waals surface area contributed by atoms with Gasteiger partial charge in [-0.2, -0.15) is 0 Å². The number of hydrogen-bond donors (Lipinski definition) is 8. The highest BCUT2D eigenvalue weighted by molar-refractivity contribution is 5.38. The molecule has 46 heavy (non-hydrogen) atoms. The van der Waals surface area contributed by atoms with Crippen LogP contribution in [0.15, 0.2) is 12.2 Å². The van der Waals surface area contributed by atoms with E-state index in [0.717, 1.165) is 38.5 Å². The lowest BCUT2D eigenvalue weighted by molar-refractivity contribution is -0.292. The van der Waals surface area contributed by atoms with Gasteiger partial charge in [-0.25, -0.2) is 0 Å². The zero-order chi connectivity index (χ0) is 33.8. The number of rotatable bonds is 9. The minimum absolute atomic E-state index is 0.00239. The van der Waals surface area contributed by atoms with Gasteiger partial charge in [-0.1, -0.05) is 39.8 Å². The molecule has 4 saturated carbocycles. The number of allylic oxidation sites excluding steroid dienone is 1. The van der Waals surface area contributed by atoms with Crippen molar-refractivity contribution in [3.05, 3.63) is 12.2 Å². The van der Waals surface area contributed by atoms with Gasteiger partial charge in [0.1, 0.15) is 24.4 Å². The van der Waals surface area contributed by atoms with E-state index in [9.17, 15) is 40.9 Å². The maximum atomic E-state index is 12.0. The smallest absolute Gasteiger partial charge is 0.184 e. The SMILES string of the molecule is C[C@H](CC[C@@H](OC[C@H]1O[C@@H](O)[C@H](O)[C@@H](O)[C@@H]1O)C(C)(C)O)C1CC[C@@]2(C)C3[C@@H](O)CC4C(C)(CO)[C@@H](O)C=CC45CC35CC[C@]12C. The quantitative estimate of drug-likeness (QED) is 0.171. The van der Waals surface area contributed by atoms with Crippen LogP contribution in [-0.4, -0.2) is 109 Å². The van der Waals surface area contributed by atoms with E-state index in [-0.39, 0.29) is 46.7 Å². The maximum Gasteiger partial charge on any atom is 0.184 e. The number of fused-ring (bicyclic) bond motifs is 2. The van der Waals surface area contributed by atoms with Crippen molar-refractivity contribution in [3.63, 3.8) is 0 Å². The van der Waals surface area contributed by atoms with Gasteiger partial charge < -0.3 is 50.3 Å². The Balaban J connectivity index is 1.15. The fraction of sp³-hybridized carbons (Fsp3) is 0.944. The summed E-state index contributed by atoms with van der Waals surface area (Å²) in [6, 6.07) is 0. The highest BCUT2D eigenvalue weighted by Gasteiger charge is 2.83. The number of ether oxygens (including phenoxy) is 2. The summed E-state index contributed by atoms with van der Waals surface area (Å²) in [7, 11) is 0. The lowest BCUT2D eigenvalue weighted by Gasteiger charge is -2.63. The summed E-state index contributed by atoms with van der Waals surface area (Å²) in [4.78, 5) is 0. The minimum atomic E-state index is -1.64. The Labute approximate surface area is 273 Å². The maximum absolute atomic E-state index is 12.0. The van der Waals surface area contributed by atoms with Crippen LogP contribution in [0.25, 0.3) is 0 Å². The van der Waals surface area contributed by atoms with Crippen molar-refractivity contribution in [2.45, 2.75) is 148 Å². The summed E-state index contributed by atoms with van der Waals surface area (Å²) in [5.41, 5.74) is -1.94. The summed E-state index contributed by atoms with van der Waals surface area (Å²) in [5, 5.41) is 84.5. The molecule has 0 amide bonds. The van der Waals surface area contributed by atoms with Crippen LogP contribution >= 0.6 is 0 Å². The van der Waals surface area contributed by atoms with E-state index in [1.54, 1.807) is 13.8 Å². The van der Waals surface area contributed by atoms with Gasteiger partial charge in [-0.05, 0) is 111 Å². The van der Waals surface area contributed by atoms with Crippen molar-refractivity contribution in [1.82, 2.24) is 0 Å². The first-order valence-corrected chi connectivity index (χ1v) is 17.7. The predicted molar refractivity (Wildman–Crippen MR) is 169 cm³/mol. The average Bonchev–Trinajstić information content (AvgIpc) is 3.56. The van der Waals surface area contributed by atoms with Gasteiger partial charge in [-0.15, -0.1) is 0 Å². The molecule has 5 aliphatic carbocycles. The second kappa shape index (κ2) is 11.4. The topological polar surface area (TPSA) is 180 Å². The first kappa shape index (κ1) is 35.2. The van der Waals surface area contributed by atoms with Gasteiger partial charge in [0.2, 0.25) is 0 Å². The molecule has 10 heteroatoms.